The molecule has 1 aromatic rings. The van der Waals surface area contributed by atoms with Crippen molar-refractivity contribution in [3.63, 3.8) is 0 Å². The predicted octanol–water partition coefficient (Wildman–Crippen LogP) is 2.89. The Kier molecular flexibility index (Phi) is 3.93. The molecule has 3 atom stereocenters. The quantitative estimate of drug-likeness (QED) is 0.867. The number of carbonyl (C=O) groups is 1. The summed E-state index contributed by atoms with van der Waals surface area (Å²) in [6, 6.07) is 6.78. The van der Waals surface area contributed by atoms with Crippen molar-refractivity contribution < 1.29 is 9.90 Å². The van der Waals surface area contributed by atoms with Crippen LogP contribution in [-0.4, -0.2) is 35.4 Å². The molecule has 0 saturated carbocycles. The fraction of sp³-hybridized carbons (Fsp3) is 0.389. The summed E-state index contributed by atoms with van der Waals surface area (Å²) in [5, 5.41) is 9.79. The lowest BCUT2D eigenvalue weighted by molar-refractivity contribution is 0.0798. The van der Waals surface area contributed by atoms with Crippen LogP contribution in [0.1, 0.15) is 17.3 Å². The first-order chi connectivity index (χ1) is 10.1. The van der Waals surface area contributed by atoms with Crippen molar-refractivity contribution in [1.82, 2.24) is 4.90 Å². The minimum Gasteiger partial charge on any atom is -0.507 e. The predicted molar refractivity (Wildman–Crippen MR) is 83.3 cm³/mol. The van der Waals surface area contributed by atoms with Gasteiger partial charge in [-0.3, -0.25) is 9.69 Å². The number of allylic oxidation sites excluding steroid dienone is 3. The van der Waals surface area contributed by atoms with Gasteiger partial charge in [-0.15, -0.1) is 0 Å². The highest BCUT2D eigenvalue weighted by molar-refractivity contribution is 5.99. The van der Waals surface area contributed by atoms with E-state index in [-0.39, 0.29) is 11.5 Å². The zero-order chi connectivity index (χ0) is 14.8. The summed E-state index contributed by atoms with van der Waals surface area (Å²) in [5.74, 6) is 1.70. The van der Waals surface area contributed by atoms with Gasteiger partial charge in [-0.25, -0.2) is 0 Å². The number of benzene rings is 1. The number of para-hydroxylation sites is 1. The molecule has 0 aromatic heterocycles. The van der Waals surface area contributed by atoms with Crippen molar-refractivity contribution >= 4 is 5.78 Å². The lowest BCUT2D eigenvalue weighted by atomic mass is 9.76. The third kappa shape index (κ3) is 2.93. The van der Waals surface area contributed by atoms with Crippen molar-refractivity contribution in [2.75, 3.05) is 19.6 Å². The molecule has 1 heterocycles. The second kappa shape index (κ2) is 5.86. The molecule has 3 heteroatoms. The maximum atomic E-state index is 12.4. The summed E-state index contributed by atoms with van der Waals surface area (Å²) in [7, 11) is 0. The molecule has 1 aliphatic heterocycles. The van der Waals surface area contributed by atoms with Crippen LogP contribution in [0.5, 0.6) is 5.75 Å². The van der Waals surface area contributed by atoms with Gasteiger partial charge >= 0.3 is 0 Å². The molecule has 3 nitrogen and oxygen atoms in total. The van der Waals surface area contributed by atoms with Gasteiger partial charge in [0.2, 0.25) is 0 Å². The Hall–Kier alpha value is -1.87. The Morgan fingerprint density at radius 2 is 2.00 bits per heavy atom. The van der Waals surface area contributed by atoms with E-state index in [0.29, 0.717) is 29.9 Å². The molecule has 1 aliphatic carbocycles. The number of fused-ring (bicyclic) bond motifs is 1. The van der Waals surface area contributed by atoms with E-state index in [1.165, 1.54) is 0 Å². The Morgan fingerprint density at radius 1 is 1.24 bits per heavy atom. The van der Waals surface area contributed by atoms with E-state index < -0.39 is 0 Å². The number of rotatable bonds is 3. The summed E-state index contributed by atoms with van der Waals surface area (Å²) in [5.41, 5.74) is 0.423. The van der Waals surface area contributed by atoms with Crippen molar-refractivity contribution in [2.24, 2.45) is 17.8 Å². The summed E-state index contributed by atoms with van der Waals surface area (Å²) in [6.45, 7) is 4.47. The maximum Gasteiger partial charge on any atom is 0.180 e. The number of likely N-dealkylation sites (tertiary alicyclic amines) is 1. The molecule has 0 bridgehead atoms. The van der Waals surface area contributed by atoms with Gasteiger partial charge in [0.1, 0.15) is 5.75 Å². The second-order valence-electron chi connectivity index (χ2n) is 6.12. The Morgan fingerprint density at radius 3 is 2.81 bits per heavy atom. The van der Waals surface area contributed by atoms with E-state index in [4.69, 9.17) is 0 Å². The fourth-order valence-corrected chi connectivity index (χ4v) is 3.49. The van der Waals surface area contributed by atoms with Crippen molar-refractivity contribution in [3.8, 4) is 5.75 Å². The second-order valence-corrected chi connectivity index (χ2v) is 6.12. The first kappa shape index (κ1) is 14.1. The van der Waals surface area contributed by atoms with E-state index in [2.05, 4.69) is 36.1 Å². The standard InChI is InChI=1S/C18H21NO2/c1-13-10-19(11-14-6-2-3-7-15(13)14)12-18(21)16-8-4-5-9-17(16)20/h2-9,13-15,20H,10-12H2,1H3/t13-,14-,15-/m1/s1. The number of carbonyl (C=O) groups excluding carboxylic acids is 1. The molecule has 3 rings (SSSR count). The molecule has 2 aliphatic rings. The van der Waals surface area contributed by atoms with Crippen LogP contribution in [0.3, 0.4) is 0 Å². The largest absolute Gasteiger partial charge is 0.507 e. The van der Waals surface area contributed by atoms with Crippen molar-refractivity contribution in [2.45, 2.75) is 6.92 Å². The lowest BCUT2D eigenvalue weighted by Crippen LogP contribution is -2.46. The molecule has 0 spiro atoms. The van der Waals surface area contributed by atoms with E-state index in [9.17, 15) is 9.90 Å². The van der Waals surface area contributed by atoms with Gasteiger partial charge in [0, 0.05) is 13.1 Å². The average Bonchev–Trinajstić information content (AvgIpc) is 2.47. The number of ketones is 1. The van der Waals surface area contributed by atoms with Gasteiger partial charge < -0.3 is 5.11 Å². The SMILES string of the molecule is C[C@@H]1CN(CC(=O)c2ccccc2O)C[C@H]2C=CC=C[C@H]12. The van der Waals surface area contributed by atoms with Crippen LogP contribution in [0.15, 0.2) is 48.6 Å². The van der Waals surface area contributed by atoms with Crippen molar-refractivity contribution in [3.05, 3.63) is 54.1 Å². The summed E-state index contributed by atoms with van der Waals surface area (Å²) in [4.78, 5) is 14.6. The molecule has 0 unspecified atom stereocenters. The van der Waals surface area contributed by atoms with Crippen LogP contribution in [0.4, 0.5) is 0 Å². The first-order valence-electron chi connectivity index (χ1n) is 7.53. The van der Waals surface area contributed by atoms with E-state index in [1.807, 2.05) is 0 Å². The van der Waals surface area contributed by atoms with Crippen LogP contribution in [0.2, 0.25) is 0 Å². The van der Waals surface area contributed by atoms with E-state index >= 15 is 0 Å². The highest BCUT2D eigenvalue weighted by Crippen LogP contribution is 2.32. The number of Topliss-reactive ketones (excluding diaryl/α,β-unsaturated/α-hetero) is 1. The highest BCUT2D eigenvalue weighted by atomic mass is 16.3. The zero-order valence-corrected chi connectivity index (χ0v) is 12.3. The normalized spacial score (nSPS) is 28.3. The smallest absolute Gasteiger partial charge is 0.180 e. The summed E-state index contributed by atoms with van der Waals surface area (Å²) < 4.78 is 0. The molecule has 1 aromatic carbocycles. The van der Waals surface area contributed by atoms with Gasteiger partial charge in [0.15, 0.2) is 5.78 Å². The third-order valence-corrected chi connectivity index (χ3v) is 4.54. The molecule has 0 radical (unpaired) electrons. The molecule has 1 N–H and O–H groups in total. The van der Waals surface area contributed by atoms with Gasteiger partial charge in [-0.05, 0) is 29.9 Å². The van der Waals surface area contributed by atoms with Gasteiger partial charge in [-0.2, -0.15) is 0 Å². The first-order valence-corrected chi connectivity index (χ1v) is 7.53. The minimum absolute atomic E-state index is 0.00548. The fourth-order valence-electron chi connectivity index (χ4n) is 3.49. The molecular formula is C18H21NO2. The Labute approximate surface area is 125 Å². The number of nitrogens with zero attached hydrogens (tertiary/aromatic N) is 1. The molecule has 0 amide bonds. The number of hydrogen-bond donors (Lipinski definition) is 1. The molecule has 21 heavy (non-hydrogen) atoms. The van der Waals surface area contributed by atoms with Crippen LogP contribution < -0.4 is 0 Å². The van der Waals surface area contributed by atoms with Crippen LogP contribution in [-0.2, 0) is 0 Å². The molecule has 1 saturated heterocycles. The zero-order valence-electron chi connectivity index (χ0n) is 12.3. The number of phenolic OH excluding ortho intramolecular Hbond substituents is 1. The van der Waals surface area contributed by atoms with Crippen LogP contribution >= 0.6 is 0 Å². The number of piperidine rings is 1. The van der Waals surface area contributed by atoms with E-state index in [0.717, 1.165) is 13.1 Å². The van der Waals surface area contributed by atoms with Crippen LogP contribution in [0.25, 0.3) is 0 Å². The van der Waals surface area contributed by atoms with Crippen molar-refractivity contribution in [1.29, 1.82) is 0 Å². The Bertz CT molecular complexity index is 591. The van der Waals surface area contributed by atoms with Crippen LogP contribution in [0, 0.1) is 17.8 Å². The summed E-state index contributed by atoms with van der Waals surface area (Å²) >= 11 is 0. The molecular weight excluding hydrogens is 262 g/mol. The van der Waals surface area contributed by atoms with Gasteiger partial charge in [-0.1, -0.05) is 43.4 Å². The topological polar surface area (TPSA) is 40.5 Å². The van der Waals surface area contributed by atoms with E-state index in [1.54, 1.807) is 24.3 Å². The third-order valence-electron chi connectivity index (χ3n) is 4.54. The minimum atomic E-state index is -0.00548. The lowest BCUT2D eigenvalue weighted by Gasteiger charge is -2.41. The highest BCUT2D eigenvalue weighted by Gasteiger charge is 2.33. The average molecular weight is 283 g/mol. The number of hydrogen-bond acceptors (Lipinski definition) is 3. The maximum absolute atomic E-state index is 12.4. The molecule has 1 fully saturated rings. The molecule has 110 valence electrons. The Balaban J connectivity index is 1.69. The monoisotopic (exact) mass is 283 g/mol. The van der Waals surface area contributed by atoms with Gasteiger partial charge in [0.25, 0.3) is 0 Å². The number of aromatic hydroxyl groups is 1. The summed E-state index contributed by atoms with van der Waals surface area (Å²) in [6.07, 6.45) is 8.76. The van der Waals surface area contributed by atoms with Gasteiger partial charge in [0.05, 0.1) is 12.1 Å². The number of phenols is 1.